The van der Waals surface area contributed by atoms with E-state index in [4.69, 9.17) is 0 Å². The summed E-state index contributed by atoms with van der Waals surface area (Å²) in [6.45, 7) is 0.0637. The average molecular weight is 217 g/mol. The van der Waals surface area contributed by atoms with Gasteiger partial charge in [0.15, 0.2) is 0 Å². The predicted octanol–water partition coefficient (Wildman–Crippen LogP) is 1.00. The number of carbonyl (C=O) groups excluding carboxylic acids is 1. The fourth-order valence-electron chi connectivity index (χ4n) is 0.502. The van der Waals surface area contributed by atoms with Crippen LogP contribution in [0.3, 0.4) is 0 Å². The van der Waals surface area contributed by atoms with Gasteiger partial charge in [0.1, 0.15) is 0 Å². The Balaban J connectivity index is 3.22. The zero-order valence-electron chi connectivity index (χ0n) is 6.98. The van der Waals surface area contributed by atoms with E-state index in [1.807, 2.05) is 0 Å². The Kier molecular flexibility index (Phi) is 5.89. The van der Waals surface area contributed by atoms with Crippen LogP contribution in [0.4, 0.5) is 13.2 Å². The van der Waals surface area contributed by atoms with Crippen molar-refractivity contribution in [3.05, 3.63) is 0 Å². The zero-order valence-corrected chi connectivity index (χ0v) is 7.80. The molecule has 0 bridgehead atoms. The zero-order chi connectivity index (χ0) is 10.3. The molecule has 13 heavy (non-hydrogen) atoms. The van der Waals surface area contributed by atoms with Crippen LogP contribution in [0.1, 0.15) is 0 Å². The molecular formula is C6H10F3NO2S. The summed E-state index contributed by atoms with van der Waals surface area (Å²) in [6.07, 6.45) is 0. The van der Waals surface area contributed by atoms with Crippen molar-refractivity contribution in [2.24, 2.45) is 0 Å². The Morgan fingerprint density at radius 3 is 2.62 bits per heavy atom. The van der Waals surface area contributed by atoms with Crippen molar-refractivity contribution in [2.75, 3.05) is 26.0 Å². The summed E-state index contributed by atoms with van der Waals surface area (Å²) in [4.78, 5) is 10.5. The van der Waals surface area contributed by atoms with Gasteiger partial charge >= 0.3 is 11.5 Å². The fraction of sp³-hybridized carbons (Fsp3) is 0.833. The van der Waals surface area contributed by atoms with Crippen LogP contribution in [-0.2, 0) is 9.53 Å². The molecule has 3 nitrogen and oxygen atoms in total. The number of carbonyl (C=O) groups is 1. The Hall–Kier alpha value is -0.430. The lowest BCUT2D eigenvalue weighted by Gasteiger charge is -2.05. The molecule has 0 aromatic heterocycles. The molecule has 0 heterocycles. The molecule has 0 aliphatic rings. The number of rotatable bonds is 5. The molecule has 7 heteroatoms. The lowest BCUT2D eigenvalue weighted by atomic mass is 10.6. The first-order chi connectivity index (χ1) is 5.95. The Labute approximate surface area is 78.0 Å². The largest absolute Gasteiger partial charge is 0.468 e. The molecule has 0 atom stereocenters. The summed E-state index contributed by atoms with van der Waals surface area (Å²) in [7, 11) is 1.22. The summed E-state index contributed by atoms with van der Waals surface area (Å²) in [5.74, 6) is -0.600. The minimum absolute atomic E-state index is 0.0606. The van der Waals surface area contributed by atoms with Crippen LogP contribution in [0, 0.1) is 0 Å². The molecular weight excluding hydrogens is 207 g/mol. The van der Waals surface area contributed by atoms with E-state index in [2.05, 4.69) is 10.1 Å². The van der Waals surface area contributed by atoms with Gasteiger partial charge in [0.25, 0.3) is 0 Å². The van der Waals surface area contributed by atoms with Crippen LogP contribution in [0.25, 0.3) is 0 Å². The lowest BCUT2D eigenvalue weighted by molar-refractivity contribution is -0.139. The second kappa shape index (κ2) is 6.09. The minimum atomic E-state index is -4.20. The van der Waals surface area contributed by atoms with Crippen molar-refractivity contribution >= 4 is 17.7 Å². The lowest BCUT2D eigenvalue weighted by Crippen LogP contribution is -2.26. The van der Waals surface area contributed by atoms with Gasteiger partial charge in [-0.25, -0.2) is 0 Å². The van der Waals surface area contributed by atoms with Gasteiger partial charge in [0.2, 0.25) is 0 Å². The van der Waals surface area contributed by atoms with Crippen molar-refractivity contribution < 1.29 is 22.7 Å². The third kappa shape index (κ3) is 9.48. The van der Waals surface area contributed by atoms with Gasteiger partial charge in [-0.3, -0.25) is 4.79 Å². The van der Waals surface area contributed by atoms with E-state index in [1.165, 1.54) is 7.11 Å². The second-order valence-corrected chi connectivity index (χ2v) is 3.21. The molecule has 0 radical (unpaired) electrons. The van der Waals surface area contributed by atoms with Gasteiger partial charge in [-0.15, -0.1) is 0 Å². The molecule has 0 saturated carbocycles. The van der Waals surface area contributed by atoms with E-state index in [9.17, 15) is 18.0 Å². The van der Waals surface area contributed by atoms with E-state index in [0.717, 1.165) is 0 Å². The molecule has 0 amide bonds. The number of nitrogens with one attached hydrogen (secondary N) is 1. The van der Waals surface area contributed by atoms with E-state index in [1.54, 1.807) is 0 Å². The molecule has 0 aliphatic carbocycles. The monoisotopic (exact) mass is 217 g/mol. The van der Waals surface area contributed by atoms with Crippen molar-refractivity contribution in [3.8, 4) is 0 Å². The van der Waals surface area contributed by atoms with Gasteiger partial charge in [0, 0.05) is 12.3 Å². The van der Waals surface area contributed by atoms with E-state index in [0.29, 0.717) is 0 Å². The molecule has 0 unspecified atom stereocenters. The van der Waals surface area contributed by atoms with Crippen molar-refractivity contribution in [1.82, 2.24) is 5.32 Å². The van der Waals surface area contributed by atoms with Gasteiger partial charge in [-0.2, -0.15) is 13.2 Å². The fourth-order valence-corrected chi connectivity index (χ4v) is 0.979. The van der Waals surface area contributed by atoms with Crippen LogP contribution in [0.2, 0.25) is 0 Å². The summed E-state index contributed by atoms with van der Waals surface area (Å²) < 4.78 is 38.9. The molecule has 0 aromatic carbocycles. The van der Waals surface area contributed by atoms with Gasteiger partial charge in [-0.05, 0) is 11.8 Å². The highest BCUT2D eigenvalue weighted by Crippen LogP contribution is 2.29. The van der Waals surface area contributed by atoms with Crippen LogP contribution in [0.5, 0.6) is 0 Å². The van der Waals surface area contributed by atoms with Crippen LogP contribution in [0.15, 0.2) is 0 Å². The number of ether oxygens (including phenoxy) is 1. The topological polar surface area (TPSA) is 38.3 Å². The summed E-state index contributed by atoms with van der Waals surface area (Å²) in [6, 6.07) is 0. The molecule has 0 fully saturated rings. The Morgan fingerprint density at radius 2 is 2.15 bits per heavy atom. The van der Waals surface area contributed by atoms with Crippen molar-refractivity contribution in [3.63, 3.8) is 0 Å². The van der Waals surface area contributed by atoms with Crippen LogP contribution >= 0.6 is 11.8 Å². The highest BCUT2D eigenvalue weighted by molar-refractivity contribution is 8.00. The Morgan fingerprint density at radius 1 is 1.54 bits per heavy atom. The number of thioether (sulfide) groups is 1. The SMILES string of the molecule is COC(=O)CNCCSC(F)(F)F. The predicted molar refractivity (Wildman–Crippen MR) is 43.4 cm³/mol. The minimum Gasteiger partial charge on any atom is -0.468 e. The maximum absolute atomic E-state index is 11.6. The Bertz CT molecular complexity index is 162. The van der Waals surface area contributed by atoms with Crippen molar-refractivity contribution in [1.29, 1.82) is 0 Å². The standard InChI is InChI=1S/C6H10F3NO2S/c1-12-5(11)4-10-2-3-13-6(7,8)9/h10H,2-4H2,1H3. The van der Waals surface area contributed by atoms with E-state index < -0.39 is 11.5 Å². The van der Waals surface area contributed by atoms with E-state index in [-0.39, 0.29) is 30.6 Å². The number of halogens is 3. The first-order valence-electron chi connectivity index (χ1n) is 3.44. The second-order valence-electron chi connectivity index (χ2n) is 2.05. The highest BCUT2D eigenvalue weighted by atomic mass is 32.2. The number of alkyl halides is 3. The summed E-state index contributed by atoms with van der Waals surface area (Å²) in [5, 5.41) is 2.51. The molecule has 1 N–H and O–H groups in total. The third-order valence-corrected chi connectivity index (χ3v) is 1.78. The molecule has 0 saturated heterocycles. The maximum Gasteiger partial charge on any atom is 0.441 e. The summed E-state index contributed by atoms with van der Waals surface area (Å²) in [5.41, 5.74) is -4.20. The number of esters is 1. The quantitative estimate of drug-likeness (QED) is 0.551. The highest BCUT2D eigenvalue weighted by Gasteiger charge is 2.27. The number of methoxy groups -OCH3 is 1. The van der Waals surface area contributed by atoms with Gasteiger partial charge in [-0.1, -0.05) is 0 Å². The summed E-state index contributed by atoms with van der Waals surface area (Å²) >= 11 is -0.122. The molecule has 0 aliphatic heterocycles. The first-order valence-corrected chi connectivity index (χ1v) is 4.42. The van der Waals surface area contributed by atoms with Crippen molar-refractivity contribution in [2.45, 2.75) is 5.51 Å². The normalized spacial score (nSPS) is 11.4. The third-order valence-electron chi connectivity index (χ3n) is 1.04. The van der Waals surface area contributed by atoms with Gasteiger partial charge in [0.05, 0.1) is 13.7 Å². The van der Waals surface area contributed by atoms with Crippen LogP contribution < -0.4 is 5.32 Å². The first kappa shape index (κ1) is 12.6. The molecule has 0 rings (SSSR count). The molecule has 0 aromatic rings. The van der Waals surface area contributed by atoms with Crippen LogP contribution in [-0.4, -0.2) is 37.4 Å². The number of hydrogen-bond donors (Lipinski definition) is 1. The molecule has 0 spiro atoms. The molecule has 78 valence electrons. The van der Waals surface area contributed by atoms with E-state index >= 15 is 0 Å². The number of hydrogen-bond acceptors (Lipinski definition) is 4. The maximum atomic E-state index is 11.6. The smallest absolute Gasteiger partial charge is 0.441 e. The van der Waals surface area contributed by atoms with Gasteiger partial charge < -0.3 is 10.1 Å². The average Bonchev–Trinajstić information content (AvgIpc) is 2.01.